The van der Waals surface area contributed by atoms with Crippen LogP contribution < -0.4 is 0 Å². The Morgan fingerprint density at radius 1 is 1.10 bits per heavy atom. The third-order valence-electron chi connectivity index (χ3n) is 3.13. The first kappa shape index (κ1) is 14.8. The number of hydrogen-bond donors (Lipinski definition) is 0. The number of rotatable bonds is 3. The monoisotopic (exact) mass is 306 g/mol. The smallest absolute Gasteiger partial charge is 0.258 e. The molecule has 1 fully saturated rings. The minimum absolute atomic E-state index is 0.229. The summed E-state index contributed by atoms with van der Waals surface area (Å²) in [5, 5.41) is 10.6. The molecular formula is C11H12F2N2O4S. The second kappa shape index (κ2) is 5.41. The van der Waals surface area contributed by atoms with Crippen molar-refractivity contribution in [1.82, 2.24) is 4.31 Å². The Balaban J connectivity index is 2.50. The average Bonchev–Trinajstić information content (AvgIpc) is 2.39. The van der Waals surface area contributed by atoms with Crippen molar-refractivity contribution in [2.45, 2.75) is 24.2 Å². The zero-order chi connectivity index (χ0) is 14.9. The van der Waals surface area contributed by atoms with Gasteiger partial charge in [0.1, 0.15) is 10.7 Å². The van der Waals surface area contributed by atoms with Crippen LogP contribution >= 0.6 is 0 Å². The molecule has 0 N–H and O–H groups in total. The average molecular weight is 306 g/mol. The lowest BCUT2D eigenvalue weighted by molar-refractivity contribution is -0.387. The molecule has 1 aromatic rings. The summed E-state index contributed by atoms with van der Waals surface area (Å²) in [6.45, 7) is 0.458. The topological polar surface area (TPSA) is 80.5 Å². The van der Waals surface area contributed by atoms with Gasteiger partial charge >= 0.3 is 5.69 Å². The highest BCUT2D eigenvalue weighted by Gasteiger charge is 2.31. The molecule has 6 nitrogen and oxygen atoms in total. The van der Waals surface area contributed by atoms with Gasteiger partial charge < -0.3 is 0 Å². The number of nitro groups is 1. The van der Waals surface area contributed by atoms with Gasteiger partial charge in [-0.15, -0.1) is 0 Å². The van der Waals surface area contributed by atoms with Crippen LogP contribution in [-0.4, -0.2) is 30.7 Å². The molecule has 1 heterocycles. The van der Waals surface area contributed by atoms with E-state index in [4.69, 9.17) is 0 Å². The van der Waals surface area contributed by atoms with E-state index in [-0.39, 0.29) is 19.2 Å². The van der Waals surface area contributed by atoms with E-state index in [0.717, 1.165) is 10.7 Å². The van der Waals surface area contributed by atoms with Crippen LogP contribution in [0.2, 0.25) is 0 Å². The molecular weight excluding hydrogens is 294 g/mol. The van der Waals surface area contributed by atoms with Crippen molar-refractivity contribution >= 4 is 15.7 Å². The maximum atomic E-state index is 13.7. The standard InChI is InChI=1S/C11H12F2N2O4S/c12-8-6-9(13)11(7-10(8)15(16)17)20(18,19)14-4-2-1-3-5-14/h6-7H,1-5H2. The molecule has 0 atom stereocenters. The molecule has 1 aromatic carbocycles. The zero-order valence-electron chi connectivity index (χ0n) is 10.4. The van der Waals surface area contributed by atoms with Crippen LogP contribution in [0.1, 0.15) is 19.3 Å². The van der Waals surface area contributed by atoms with Gasteiger partial charge in [0.2, 0.25) is 15.8 Å². The molecule has 9 heteroatoms. The number of hydrogen-bond acceptors (Lipinski definition) is 4. The Kier molecular flexibility index (Phi) is 4.00. The summed E-state index contributed by atoms with van der Waals surface area (Å²) in [6.07, 6.45) is 2.16. The summed E-state index contributed by atoms with van der Waals surface area (Å²) < 4.78 is 52.4. The molecule has 1 aliphatic heterocycles. The number of halogens is 2. The number of benzene rings is 1. The van der Waals surface area contributed by atoms with Gasteiger partial charge in [-0.2, -0.15) is 8.70 Å². The highest BCUT2D eigenvalue weighted by atomic mass is 32.2. The van der Waals surface area contributed by atoms with Gasteiger partial charge in [0.25, 0.3) is 0 Å². The third-order valence-corrected chi connectivity index (χ3v) is 5.04. The van der Waals surface area contributed by atoms with Gasteiger partial charge in [-0.1, -0.05) is 6.42 Å². The Labute approximate surface area is 114 Å². The van der Waals surface area contributed by atoms with Crippen molar-refractivity contribution in [2.24, 2.45) is 0 Å². The minimum atomic E-state index is -4.18. The third kappa shape index (κ3) is 2.63. The van der Waals surface area contributed by atoms with Crippen molar-refractivity contribution in [3.63, 3.8) is 0 Å². The largest absolute Gasteiger partial charge is 0.306 e. The summed E-state index contributed by atoms with van der Waals surface area (Å²) >= 11 is 0. The van der Waals surface area contributed by atoms with Gasteiger partial charge in [-0.3, -0.25) is 10.1 Å². The predicted octanol–water partition coefficient (Wildman–Crippen LogP) is 2.05. The van der Waals surface area contributed by atoms with Gasteiger partial charge in [-0.25, -0.2) is 12.8 Å². The Bertz CT molecular complexity index is 642. The van der Waals surface area contributed by atoms with Crippen LogP contribution in [0, 0.1) is 21.7 Å². The molecule has 110 valence electrons. The van der Waals surface area contributed by atoms with Gasteiger partial charge in [-0.05, 0) is 12.8 Å². The maximum Gasteiger partial charge on any atom is 0.306 e. The zero-order valence-corrected chi connectivity index (χ0v) is 11.2. The maximum absolute atomic E-state index is 13.7. The molecule has 1 aliphatic rings. The molecule has 2 rings (SSSR count). The van der Waals surface area contributed by atoms with E-state index in [1.165, 1.54) is 0 Å². The van der Waals surface area contributed by atoms with E-state index < -0.39 is 37.2 Å². The van der Waals surface area contributed by atoms with Gasteiger partial charge in [0.05, 0.1) is 4.92 Å². The lowest BCUT2D eigenvalue weighted by Gasteiger charge is -2.25. The first-order valence-electron chi connectivity index (χ1n) is 5.97. The summed E-state index contributed by atoms with van der Waals surface area (Å²) in [7, 11) is -4.18. The molecule has 0 radical (unpaired) electrons. The minimum Gasteiger partial charge on any atom is -0.258 e. The van der Waals surface area contributed by atoms with Crippen molar-refractivity contribution in [3.8, 4) is 0 Å². The molecule has 0 aliphatic carbocycles. The van der Waals surface area contributed by atoms with Gasteiger partial charge in [0, 0.05) is 25.2 Å². The fraction of sp³-hybridized carbons (Fsp3) is 0.455. The first-order valence-corrected chi connectivity index (χ1v) is 7.41. The molecule has 0 unspecified atom stereocenters. The summed E-state index contributed by atoms with van der Waals surface area (Å²) in [6, 6.07) is 0.670. The van der Waals surface area contributed by atoms with E-state index in [0.29, 0.717) is 18.9 Å². The van der Waals surface area contributed by atoms with Crippen molar-refractivity contribution in [3.05, 3.63) is 33.9 Å². The fourth-order valence-corrected chi connectivity index (χ4v) is 3.68. The van der Waals surface area contributed by atoms with Crippen LogP contribution in [0.5, 0.6) is 0 Å². The van der Waals surface area contributed by atoms with Crippen molar-refractivity contribution in [2.75, 3.05) is 13.1 Å². The van der Waals surface area contributed by atoms with Gasteiger partial charge in [0.15, 0.2) is 0 Å². The summed E-state index contributed by atoms with van der Waals surface area (Å²) in [4.78, 5) is 8.69. The molecule has 0 saturated carbocycles. The second-order valence-corrected chi connectivity index (χ2v) is 6.36. The van der Waals surface area contributed by atoms with E-state index in [1.807, 2.05) is 0 Å². The summed E-state index contributed by atoms with van der Waals surface area (Å²) in [5.74, 6) is -2.72. The van der Waals surface area contributed by atoms with Crippen molar-refractivity contribution in [1.29, 1.82) is 0 Å². The van der Waals surface area contributed by atoms with E-state index >= 15 is 0 Å². The predicted molar refractivity (Wildman–Crippen MR) is 65.6 cm³/mol. The summed E-state index contributed by atoms with van der Waals surface area (Å²) in [5.41, 5.74) is -1.05. The Morgan fingerprint density at radius 2 is 1.70 bits per heavy atom. The number of nitro benzene ring substituents is 1. The quantitative estimate of drug-likeness (QED) is 0.632. The second-order valence-electron chi connectivity index (χ2n) is 4.46. The Morgan fingerprint density at radius 3 is 2.25 bits per heavy atom. The fourth-order valence-electron chi connectivity index (χ4n) is 2.10. The van der Waals surface area contributed by atoms with Crippen LogP contribution in [0.4, 0.5) is 14.5 Å². The number of sulfonamides is 1. The van der Waals surface area contributed by atoms with Crippen molar-refractivity contribution < 1.29 is 22.1 Å². The lowest BCUT2D eigenvalue weighted by atomic mass is 10.2. The molecule has 0 amide bonds. The number of nitrogens with zero attached hydrogens (tertiary/aromatic N) is 2. The van der Waals surface area contributed by atoms with Crippen LogP contribution in [0.15, 0.2) is 17.0 Å². The van der Waals surface area contributed by atoms with E-state index in [9.17, 15) is 27.3 Å². The number of piperidine rings is 1. The van der Waals surface area contributed by atoms with Crippen LogP contribution in [0.25, 0.3) is 0 Å². The molecule has 1 saturated heterocycles. The lowest BCUT2D eigenvalue weighted by Crippen LogP contribution is -2.36. The first-order chi connectivity index (χ1) is 9.34. The SMILES string of the molecule is O=[N+]([O-])c1cc(S(=O)(=O)N2CCCCC2)c(F)cc1F. The Hall–Kier alpha value is -1.61. The van der Waals surface area contributed by atoms with E-state index in [1.54, 1.807) is 0 Å². The molecule has 0 spiro atoms. The van der Waals surface area contributed by atoms with Crippen LogP contribution in [0.3, 0.4) is 0 Å². The normalized spacial score (nSPS) is 17.1. The molecule has 20 heavy (non-hydrogen) atoms. The highest BCUT2D eigenvalue weighted by molar-refractivity contribution is 7.89. The highest BCUT2D eigenvalue weighted by Crippen LogP contribution is 2.28. The molecule has 0 bridgehead atoms. The van der Waals surface area contributed by atoms with E-state index in [2.05, 4.69) is 0 Å². The van der Waals surface area contributed by atoms with Crippen LogP contribution in [-0.2, 0) is 10.0 Å². The molecule has 0 aromatic heterocycles.